The SMILES string of the molecule is Cc1ccsc1C(=O)N1CCN[C@H](C)C1. The maximum atomic E-state index is 12.1. The first-order chi connectivity index (χ1) is 7.18. The lowest BCUT2D eigenvalue weighted by Crippen LogP contribution is -2.51. The number of carbonyl (C=O) groups is 1. The quantitative estimate of drug-likeness (QED) is 0.784. The van der Waals surface area contributed by atoms with Crippen molar-refractivity contribution in [1.82, 2.24) is 10.2 Å². The highest BCUT2D eigenvalue weighted by atomic mass is 32.1. The maximum Gasteiger partial charge on any atom is 0.264 e. The lowest BCUT2D eigenvalue weighted by Gasteiger charge is -2.31. The zero-order chi connectivity index (χ0) is 10.8. The maximum absolute atomic E-state index is 12.1. The molecule has 0 bridgehead atoms. The van der Waals surface area contributed by atoms with Crippen LogP contribution in [-0.4, -0.2) is 36.5 Å². The summed E-state index contributed by atoms with van der Waals surface area (Å²) in [4.78, 5) is 15.0. The minimum Gasteiger partial charge on any atom is -0.335 e. The van der Waals surface area contributed by atoms with Crippen LogP contribution in [0.5, 0.6) is 0 Å². The summed E-state index contributed by atoms with van der Waals surface area (Å²) >= 11 is 1.54. The number of piperazine rings is 1. The second-order valence-electron chi connectivity index (χ2n) is 4.04. The average Bonchev–Trinajstić information content (AvgIpc) is 2.63. The third kappa shape index (κ3) is 2.21. The van der Waals surface area contributed by atoms with Gasteiger partial charge < -0.3 is 10.2 Å². The van der Waals surface area contributed by atoms with Crippen molar-refractivity contribution in [2.45, 2.75) is 19.9 Å². The summed E-state index contributed by atoms with van der Waals surface area (Å²) in [5.41, 5.74) is 1.09. The molecule has 82 valence electrons. The molecule has 2 rings (SSSR count). The second kappa shape index (κ2) is 4.33. The largest absolute Gasteiger partial charge is 0.335 e. The molecule has 1 aromatic heterocycles. The van der Waals surface area contributed by atoms with Gasteiger partial charge in [0.05, 0.1) is 4.88 Å². The number of aryl methyl sites for hydroxylation is 1. The normalized spacial score (nSPS) is 21.7. The van der Waals surface area contributed by atoms with E-state index in [-0.39, 0.29) is 5.91 Å². The third-order valence-corrected chi connectivity index (χ3v) is 3.72. The number of amides is 1. The van der Waals surface area contributed by atoms with Gasteiger partial charge >= 0.3 is 0 Å². The van der Waals surface area contributed by atoms with E-state index in [9.17, 15) is 4.79 Å². The monoisotopic (exact) mass is 224 g/mol. The van der Waals surface area contributed by atoms with Gasteiger partial charge in [-0.15, -0.1) is 11.3 Å². The van der Waals surface area contributed by atoms with Crippen LogP contribution in [0.1, 0.15) is 22.2 Å². The highest BCUT2D eigenvalue weighted by Gasteiger charge is 2.23. The van der Waals surface area contributed by atoms with Crippen LogP contribution in [0.4, 0.5) is 0 Å². The summed E-state index contributed by atoms with van der Waals surface area (Å²) in [6.45, 7) is 6.64. The molecule has 1 aliphatic rings. The zero-order valence-corrected chi connectivity index (χ0v) is 9.93. The molecule has 0 radical (unpaired) electrons. The van der Waals surface area contributed by atoms with E-state index in [2.05, 4.69) is 12.2 Å². The van der Waals surface area contributed by atoms with Crippen molar-refractivity contribution in [2.75, 3.05) is 19.6 Å². The van der Waals surface area contributed by atoms with Crippen LogP contribution in [-0.2, 0) is 0 Å². The molecular formula is C11H16N2OS. The summed E-state index contributed by atoms with van der Waals surface area (Å²) in [6, 6.07) is 2.41. The smallest absolute Gasteiger partial charge is 0.264 e. The molecular weight excluding hydrogens is 208 g/mol. The molecule has 0 aromatic carbocycles. The van der Waals surface area contributed by atoms with Crippen molar-refractivity contribution < 1.29 is 4.79 Å². The molecule has 2 heterocycles. The number of nitrogens with zero attached hydrogens (tertiary/aromatic N) is 1. The van der Waals surface area contributed by atoms with Crippen molar-refractivity contribution in [1.29, 1.82) is 0 Å². The highest BCUT2D eigenvalue weighted by molar-refractivity contribution is 7.12. The van der Waals surface area contributed by atoms with E-state index in [4.69, 9.17) is 0 Å². The van der Waals surface area contributed by atoms with E-state index >= 15 is 0 Å². The minimum atomic E-state index is 0.191. The molecule has 1 saturated heterocycles. The Kier molecular flexibility index (Phi) is 3.07. The Labute approximate surface area is 94.1 Å². The molecule has 1 atom stereocenters. The van der Waals surface area contributed by atoms with E-state index in [1.54, 1.807) is 11.3 Å². The van der Waals surface area contributed by atoms with E-state index in [1.165, 1.54) is 0 Å². The molecule has 1 fully saturated rings. The van der Waals surface area contributed by atoms with Crippen LogP contribution < -0.4 is 5.32 Å². The van der Waals surface area contributed by atoms with Gasteiger partial charge in [0.25, 0.3) is 5.91 Å². The lowest BCUT2D eigenvalue weighted by molar-refractivity contribution is 0.0713. The predicted molar refractivity (Wildman–Crippen MR) is 62.4 cm³/mol. The average molecular weight is 224 g/mol. The Hall–Kier alpha value is -0.870. The van der Waals surface area contributed by atoms with Gasteiger partial charge in [-0.3, -0.25) is 4.79 Å². The first-order valence-corrected chi connectivity index (χ1v) is 6.13. The molecule has 3 nitrogen and oxygen atoms in total. The summed E-state index contributed by atoms with van der Waals surface area (Å²) in [7, 11) is 0. The zero-order valence-electron chi connectivity index (χ0n) is 9.12. The number of hydrogen-bond donors (Lipinski definition) is 1. The van der Waals surface area contributed by atoms with E-state index in [0.29, 0.717) is 6.04 Å². The van der Waals surface area contributed by atoms with Crippen molar-refractivity contribution >= 4 is 17.2 Å². The van der Waals surface area contributed by atoms with Crippen molar-refractivity contribution in [3.05, 3.63) is 21.9 Å². The summed E-state index contributed by atoms with van der Waals surface area (Å²) < 4.78 is 0. The highest BCUT2D eigenvalue weighted by Crippen LogP contribution is 2.18. The Bertz CT molecular complexity index is 361. The van der Waals surface area contributed by atoms with E-state index in [1.807, 2.05) is 23.3 Å². The third-order valence-electron chi connectivity index (χ3n) is 2.71. The number of hydrogen-bond acceptors (Lipinski definition) is 3. The van der Waals surface area contributed by atoms with Crippen LogP contribution in [0, 0.1) is 6.92 Å². The molecule has 1 aliphatic heterocycles. The molecule has 1 amide bonds. The fraction of sp³-hybridized carbons (Fsp3) is 0.545. The first-order valence-electron chi connectivity index (χ1n) is 5.25. The second-order valence-corrected chi connectivity index (χ2v) is 4.96. The van der Waals surface area contributed by atoms with Crippen LogP contribution in [0.25, 0.3) is 0 Å². The van der Waals surface area contributed by atoms with Crippen LogP contribution in [0.2, 0.25) is 0 Å². The first kappa shape index (κ1) is 10.6. The van der Waals surface area contributed by atoms with Crippen LogP contribution >= 0.6 is 11.3 Å². The van der Waals surface area contributed by atoms with Crippen molar-refractivity contribution in [3.63, 3.8) is 0 Å². The number of rotatable bonds is 1. The number of nitrogens with one attached hydrogen (secondary N) is 1. The fourth-order valence-electron chi connectivity index (χ4n) is 1.85. The molecule has 1 N–H and O–H groups in total. The molecule has 1 aromatic rings. The summed E-state index contributed by atoms with van der Waals surface area (Å²) in [5.74, 6) is 0.191. The topological polar surface area (TPSA) is 32.3 Å². The fourth-order valence-corrected chi connectivity index (χ4v) is 2.74. The Balaban J connectivity index is 2.11. The van der Waals surface area contributed by atoms with Gasteiger partial charge in [0.2, 0.25) is 0 Å². The lowest BCUT2D eigenvalue weighted by atomic mass is 10.2. The van der Waals surface area contributed by atoms with Gasteiger partial charge in [-0.25, -0.2) is 0 Å². The summed E-state index contributed by atoms with van der Waals surface area (Å²) in [6.07, 6.45) is 0. The van der Waals surface area contributed by atoms with Gasteiger partial charge in [0.1, 0.15) is 0 Å². The number of thiophene rings is 1. The molecule has 0 unspecified atom stereocenters. The molecule has 15 heavy (non-hydrogen) atoms. The predicted octanol–water partition coefficient (Wildman–Crippen LogP) is 1.49. The Morgan fingerprint density at radius 2 is 2.47 bits per heavy atom. The van der Waals surface area contributed by atoms with Gasteiger partial charge in [-0.05, 0) is 30.9 Å². The number of carbonyl (C=O) groups excluding carboxylic acids is 1. The van der Waals surface area contributed by atoms with Crippen molar-refractivity contribution in [2.24, 2.45) is 0 Å². The van der Waals surface area contributed by atoms with Gasteiger partial charge in [0, 0.05) is 25.7 Å². The molecule has 0 spiro atoms. The Morgan fingerprint density at radius 1 is 1.67 bits per heavy atom. The van der Waals surface area contributed by atoms with Crippen molar-refractivity contribution in [3.8, 4) is 0 Å². The molecule has 0 saturated carbocycles. The van der Waals surface area contributed by atoms with Gasteiger partial charge in [0.15, 0.2) is 0 Å². The minimum absolute atomic E-state index is 0.191. The Morgan fingerprint density at radius 3 is 3.07 bits per heavy atom. The van der Waals surface area contributed by atoms with Crippen LogP contribution in [0.3, 0.4) is 0 Å². The van der Waals surface area contributed by atoms with Gasteiger partial charge in [-0.2, -0.15) is 0 Å². The van der Waals surface area contributed by atoms with E-state index < -0.39 is 0 Å². The van der Waals surface area contributed by atoms with Gasteiger partial charge in [-0.1, -0.05) is 0 Å². The standard InChI is InChI=1S/C11H16N2OS/c1-8-3-6-15-10(8)11(14)13-5-4-12-9(2)7-13/h3,6,9,12H,4-5,7H2,1-2H3/t9-/m1/s1. The van der Waals surface area contributed by atoms with E-state index in [0.717, 1.165) is 30.1 Å². The summed E-state index contributed by atoms with van der Waals surface area (Å²) in [5, 5.41) is 5.32. The molecule has 4 heteroatoms. The molecule has 0 aliphatic carbocycles. The van der Waals surface area contributed by atoms with Crippen LogP contribution in [0.15, 0.2) is 11.4 Å².